The van der Waals surface area contributed by atoms with Crippen molar-refractivity contribution in [2.24, 2.45) is 0 Å². The Bertz CT molecular complexity index is 668. The molecule has 0 aromatic carbocycles. The van der Waals surface area contributed by atoms with Gasteiger partial charge in [0.1, 0.15) is 17.2 Å². The largest absolute Gasteiger partial charge is 0.373 e. The van der Waals surface area contributed by atoms with Crippen molar-refractivity contribution in [3.8, 4) is 11.5 Å². The third-order valence-corrected chi connectivity index (χ3v) is 2.70. The van der Waals surface area contributed by atoms with Crippen LogP contribution in [0.15, 0.2) is 36.7 Å². The number of nitrogens with zero attached hydrogens (tertiary/aromatic N) is 4. The maximum atomic E-state index is 4.51. The van der Waals surface area contributed by atoms with Gasteiger partial charge in [0.15, 0.2) is 5.82 Å². The smallest absolute Gasteiger partial charge is 0.182 e. The summed E-state index contributed by atoms with van der Waals surface area (Å²) in [5.74, 6) is 1.44. The number of hydrogen-bond acceptors (Lipinski definition) is 4. The molecule has 3 aromatic rings. The van der Waals surface area contributed by atoms with Gasteiger partial charge >= 0.3 is 0 Å². The van der Waals surface area contributed by atoms with Crippen molar-refractivity contribution in [1.82, 2.24) is 19.4 Å². The van der Waals surface area contributed by atoms with E-state index in [0.717, 1.165) is 22.9 Å². The van der Waals surface area contributed by atoms with E-state index in [4.69, 9.17) is 0 Å². The molecular weight excluding hydrogens is 226 g/mol. The van der Waals surface area contributed by atoms with Crippen molar-refractivity contribution in [2.75, 3.05) is 12.4 Å². The van der Waals surface area contributed by atoms with Crippen molar-refractivity contribution in [2.45, 2.75) is 6.92 Å². The van der Waals surface area contributed by atoms with E-state index in [1.165, 1.54) is 0 Å². The zero-order chi connectivity index (χ0) is 12.5. The molecular formula is C13H13N5. The third kappa shape index (κ3) is 1.79. The summed E-state index contributed by atoms with van der Waals surface area (Å²) in [7, 11) is 1.84. The fourth-order valence-corrected chi connectivity index (χ4v) is 1.85. The van der Waals surface area contributed by atoms with Crippen LogP contribution in [0, 0.1) is 6.92 Å². The highest BCUT2D eigenvalue weighted by atomic mass is 15.1. The zero-order valence-corrected chi connectivity index (χ0v) is 10.3. The lowest BCUT2D eigenvalue weighted by atomic mass is 10.3. The Hall–Kier alpha value is -2.43. The van der Waals surface area contributed by atoms with Gasteiger partial charge in [-0.05, 0) is 19.1 Å². The maximum absolute atomic E-state index is 4.51. The Balaban J connectivity index is 2.16. The molecule has 0 bridgehead atoms. The second-order valence-corrected chi connectivity index (χ2v) is 4.06. The van der Waals surface area contributed by atoms with Crippen molar-refractivity contribution in [1.29, 1.82) is 0 Å². The average Bonchev–Trinajstić information content (AvgIpc) is 2.81. The van der Waals surface area contributed by atoms with Gasteiger partial charge in [-0.1, -0.05) is 6.07 Å². The number of imidazole rings is 1. The van der Waals surface area contributed by atoms with Crippen LogP contribution in [0.3, 0.4) is 0 Å². The normalized spacial score (nSPS) is 10.8. The van der Waals surface area contributed by atoms with E-state index in [1.54, 1.807) is 0 Å². The van der Waals surface area contributed by atoms with Crippen LogP contribution in [-0.2, 0) is 0 Å². The van der Waals surface area contributed by atoms with Crippen LogP contribution in [0.2, 0.25) is 0 Å². The van der Waals surface area contributed by atoms with Crippen molar-refractivity contribution in [3.05, 3.63) is 42.4 Å². The fourth-order valence-electron chi connectivity index (χ4n) is 1.85. The van der Waals surface area contributed by atoms with Gasteiger partial charge < -0.3 is 9.72 Å². The second kappa shape index (κ2) is 4.10. The number of aryl methyl sites for hydroxylation is 1. The van der Waals surface area contributed by atoms with Gasteiger partial charge in [-0.3, -0.25) is 0 Å². The third-order valence-electron chi connectivity index (χ3n) is 2.70. The summed E-state index contributed by atoms with van der Waals surface area (Å²) in [5.41, 5.74) is 2.59. The van der Waals surface area contributed by atoms with Crippen molar-refractivity contribution in [3.63, 3.8) is 0 Å². The zero-order valence-electron chi connectivity index (χ0n) is 10.3. The quantitative estimate of drug-likeness (QED) is 0.744. The van der Waals surface area contributed by atoms with Crippen LogP contribution in [-0.4, -0.2) is 26.4 Å². The number of nitrogens with one attached hydrogen (secondary N) is 1. The molecule has 90 valence electrons. The van der Waals surface area contributed by atoms with Gasteiger partial charge in [-0.2, -0.15) is 0 Å². The molecule has 0 unspecified atom stereocenters. The van der Waals surface area contributed by atoms with E-state index in [9.17, 15) is 0 Å². The minimum atomic E-state index is 0.642. The standard InChI is InChI=1S/C13H13N5/c1-9-7-11(14-2)17-13(15-9)10-8-18-6-4-3-5-12(18)16-10/h3-8H,1-2H3,(H,14,15,17). The van der Waals surface area contributed by atoms with E-state index in [1.807, 2.05) is 55.0 Å². The number of hydrogen-bond donors (Lipinski definition) is 1. The summed E-state index contributed by atoms with van der Waals surface area (Å²) < 4.78 is 1.96. The van der Waals surface area contributed by atoms with E-state index >= 15 is 0 Å². The maximum Gasteiger partial charge on any atom is 0.182 e. The first-order chi connectivity index (χ1) is 8.76. The molecule has 0 saturated heterocycles. The van der Waals surface area contributed by atoms with Gasteiger partial charge in [0.25, 0.3) is 0 Å². The Morgan fingerprint density at radius 2 is 2.06 bits per heavy atom. The molecule has 0 saturated carbocycles. The average molecular weight is 239 g/mol. The van der Waals surface area contributed by atoms with Crippen LogP contribution < -0.4 is 5.32 Å². The van der Waals surface area contributed by atoms with E-state index in [2.05, 4.69) is 20.3 Å². The number of aromatic nitrogens is 4. The van der Waals surface area contributed by atoms with Crippen LogP contribution >= 0.6 is 0 Å². The van der Waals surface area contributed by atoms with Gasteiger partial charge in [0.05, 0.1) is 0 Å². The summed E-state index contributed by atoms with van der Waals surface area (Å²) in [6.45, 7) is 1.95. The van der Waals surface area contributed by atoms with Crippen LogP contribution in [0.1, 0.15) is 5.69 Å². The number of rotatable bonds is 2. The second-order valence-electron chi connectivity index (χ2n) is 4.06. The fraction of sp³-hybridized carbons (Fsp3) is 0.154. The molecule has 0 fully saturated rings. The monoisotopic (exact) mass is 239 g/mol. The molecule has 3 aromatic heterocycles. The molecule has 0 aliphatic rings. The van der Waals surface area contributed by atoms with Gasteiger partial charge in [0.2, 0.25) is 0 Å². The molecule has 18 heavy (non-hydrogen) atoms. The molecule has 1 N–H and O–H groups in total. The lowest BCUT2D eigenvalue weighted by molar-refractivity contribution is 1.09. The molecule has 0 aliphatic carbocycles. The van der Waals surface area contributed by atoms with Gasteiger partial charge in [-0.25, -0.2) is 15.0 Å². The Kier molecular flexibility index (Phi) is 2.44. The predicted molar refractivity (Wildman–Crippen MR) is 70.5 cm³/mol. The summed E-state index contributed by atoms with van der Waals surface area (Å²) in [6, 6.07) is 7.79. The summed E-state index contributed by atoms with van der Waals surface area (Å²) in [5, 5.41) is 3.03. The molecule has 0 spiro atoms. The Morgan fingerprint density at radius 1 is 1.17 bits per heavy atom. The molecule has 3 rings (SSSR count). The molecule has 3 heterocycles. The lowest BCUT2D eigenvalue weighted by Gasteiger charge is -2.02. The van der Waals surface area contributed by atoms with Gasteiger partial charge in [-0.15, -0.1) is 0 Å². The van der Waals surface area contributed by atoms with Crippen LogP contribution in [0.25, 0.3) is 17.2 Å². The number of anilines is 1. The minimum absolute atomic E-state index is 0.642. The lowest BCUT2D eigenvalue weighted by Crippen LogP contribution is -1.98. The topological polar surface area (TPSA) is 55.1 Å². The first-order valence-corrected chi connectivity index (χ1v) is 5.74. The van der Waals surface area contributed by atoms with E-state index in [-0.39, 0.29) is 0 Å². The summed E-state index contributed by atoms with van der Waals surface area (Å²) in [4.78, 5) is 13.3. The molecule has 5 heteroatoms. The first kappa shape index (κ1) is 10.7. The predicted octanol–water partition coefficient (Wildman–Crippen LogP) is 2.14. The molecule has 5 nitrogen and oxygen atoms in total. The van der Waals surface area contributed by atoms with E-state index < -0.39 is 0 Å². The SMILES string of the molecule is CNc1cc(C)nc(-c2cn3ccccc3n2)n1. The molecule has 0 aliphatic heterocycles. The van der Waals surface area contributed by atoms with Crippen LogP contribution in [0.4, 0.5) is 5.82 Å². The Labute approximate surface area is 105 Å². The summed E-state index contributed by atoms with van der Waals surface area (Å²) >= 11 is 0. The number of pyridine rings is 1. The first-order valence-electron chi connectivity index (χ1n) is 5.74. The van der Waals surface area contributed by atoms with Crippen molar-refractivity contribution >= 4 is 11.5 Å². The van der Waals surface area contributed by atoms with Crippen LogP contribution in [0.5, 0.6) is 0 Å². The highest BCUT2D eigenvalue weighted by Crippen LogP contribution is 2.17. The molecule has 0 radical (unpaired) electrons. The Morgan fingerprint density at radius 3 is 2.83 bits per heavy atom. The van der Waals surface area contributed by atoms with E-state index in [0.29, 0.717) is 5.82 Å². The molecule has 0 atom stereocenters. The highest BCUT2D eigenvalue weighted by Gasteiger charge is 2.08. The minimum Gasteiger partial charge on any atom is -0.373 e. The van der Waals surface area contributed by atoms with Gasteiger partial charge in [0, 0.05) is 31.2 Å². The number of fused-ring (bicyclic) bond motifs is 1. The highest BCUT2D eigenvalue weighted by molar-refractivity contribution is 5.57. The molecule has 0 amide bonds. The van der Waals surface area contributed by atoms with Crippen molar-refractivity contribution < 1.29 is 0 Å². The summed E-state index contributed by atoms with van der Waals surface area (Å²) in [6.07, 6.45) is 3.89.